The van der Waals surface area contributed by atoms with E-state index in [0.29, 0.717) is 25.0 Å². The zero-order valence-electron chi connectivity index (χ0n) is 15.5. The Morgan fingerprint density at radius 3 is 2.85 bits per heavy atom. The number of ether oxygens (including phenoxy) is 1. The maximum Gasteiger partial charge on any atom is 0.223 e. The minimum atomic E-state index is 0.274. The van der Waals surface area contributed by atoms with Gasteiger partial charge in [-0.2, -0.15) is 5.10 Å². The number of carbonyl (C=O) groups is 1. The zero-order chi connectivity index (χ0) is 18.1. The lowest BCUT2D eigenvalue weighted by Crippen LogP contribution is -2.38. The van der Waals surface area contributed by atoms with Crippen molar-refractivity contribution >= 4 is 5.91 Å². The summed E-state index contributed by atoms with van der Waals surface area (Å²) < 4.78 is 7.44. The van der Waals surface area contributed by atoms with E-state index in [4.69, 9.17) is 4.74 Å². The summed E-state index contributed by atoms with van der Waals surface area (Å²) >= 11 is 0. The standard InChI is InChI=1S/C20H26N4O2/c1-22-14-18-6-5-17(11-20(22)25)24(18)12-15-4-7-19(26-2)16(10-15)13-23-9-3-8-21-23/h3-4,7-10,17-18H,5-6,11-14H2,1-2H3/t17-,18+/m1/s1. The van der Waals surface area contributed by atoms with Crippen LogP contribution in [0.15, 0.2) is 36.7 Å². The highest BCUT2D eigenvalue weighted by Gasteiger charge is 2.39. The van der Waals surface area contributed by atoms with E-state index in [-0.39, 0.29) is 5.91 Å². The average molecular weight is 354 g/mol. The van der Waals surface area contributed by atoms with Gasteiger partial charge in [0.25, 0.3) is 0 Å². The number of hydrogen-bond donors (Lipinski definition) is 0. The van der Waals surface area contributed by atoms with Crippen LogP contribution >= 0.6 is 0 Å². The number of benzene rings is 1. The van der Waals surface area contributed by atoms with Crippen LogP contribution in [0.3, 0.4) is 0 Å². The van der Waals surface area contributed by atoms with Crippen LogP contribution < -0.4 is 4.74 Å². The van der Waals surface area contributed by atoms with Gasteiger partial charge in [-0.25, -0.2) is 0 Å². The SMILES string of the molecule is COc1ccc(CN2[C@@H]3CC[C@H]2CN(C)C(=O)C3)cc1Cn1cccn1. The zero-order valence-corrected chi connectivity index (χ0v) is 15.5. The Hall–Kier alpha value is -2.34. The van der Waals surface area contributed by atoms with Gasteiger partial charge in [0.1, 0.15) is 5.75 Å². The molecule has 2 atom stereocenters. The van der Waals surface area contributed by atoms with Crippen molar-refractivity contribution in [2.45, 2.75) is 44.4 Å². The molecule has 1 amide bonds. The first-order valence-electron chi connectivity index (χ1n) is 9.27. The fourth-order valence-corrected chi connectivity index (χ4v) is 4.30. The molecular formula is C20H26N4O2. The Morgan fingerprint density at radius 1 is 1.23 bits per heavy atom. The topological polar surface area (TPSA) is 50.6 Å². The van der Waals surface area contributed by atoms with Crippen LogP contribution in [-0.2, 0) is 17.9 Å². The highest BCUT2D eigenvalue weighted by molar-refractivity contribution is 5.77. The van der Waals surface area contributed by atoms with E-state index in [2.05, 4.69) is 22.1 Å². The fraction of sp³-hybridized carbons (Fsp3) is 0.500. The summed E-state index contributed by atoms with van der Waals surface area (Å²) in [6.45, 7) is 2.41. The van der Waals surface area contributed by atoms with Crippen molar-refractivity contribution in [3.63, 3.8) is 0 Å². The molecule has 0 N–H and O–H groups in total. The van der Waals surface area contributed by atoms with Gasteiger partial charge >= 0.3 is 0 Å². The van der Waals surface area contributed by atoms with Crippen molar-refractivity contribution in [2.24, 2.45) is 0 Å². The number of rotatable bonds is 5. The van der Waals surface area contributed by atoms with E-state index in [1.807, 2.05) is 35.0 Å². The molecule has 3 heterocycles. The Labute approximate surface area is 154 Å². The molecule has 2 fully saturated rings. The first-order valence-corrected chi connectivity index (χ1v) is 9.27. The van der Waals surface area contributed by atoms with Crippen LogP contribution in [0.1, 0.15) is 30.4 Å². The molecule has 1 aromatic heterocycles. The molecule has 2 bridgehead atoms. The van der Waals surface area contributed by atoms with Gasteiger partial charge in [-0.1, -0.05) is 6.07 Å². The number of amides is 1. The number of aromatic nitrogens is 2. The largest absolute Gasteiger partial charge is 0.496 e. The van der Waals surface area contributed by atoms with Gasteiger partial charge in [0.2, 0.25) is 5.91 Å². The quantitative estimate of drug-likeness (QED) is 0.825. The van der Waals surface area contributed by atoms with E-state index >= 15 is 0 Å². The molecule has 4 rings (SSSR count). The lowest BCUT2D eigenvalue weighted by atomic mass is 10.1. The fourth-order valence-electron chi connectivity index (χ4n) is 4.30. The highest BCUT2D eigenvalue weighted by atomic mass is 16.5. The second-order valence-electron chi connectivity index (χ2n) is 7.39. The molecule has 6 heteroatoms. The van der Waals surface area contributed by atoms with Crippen LogP contribution in [0.4, 0.5) is 0 Å². The van der Waals surface area contributed by atoms with Crippen LogP contribution in [0.5, 0.6) is 5.75 Å². The number of hydrogen-bond acceptors (Lipinski definition) is 4. The summed E-state index contributed by atoms with van der Waals surface area (Å²) in [5, 5.41) is 4.30. The number of likely N-dealkylation sites (N-methyl/N-ethyl adjacent to an activating group) is 1. The maximum atomic E-state index is 12.2. The number of fused-ring (bicyclic) bond motifs is 2. The molecule has 6 nitrogen and oxygen atoms in total. The van der Waals surface area contributed by atoms with E-state index in [1.165, 1.54) is 12.0 Å². The van der Waals surface area contributed by atoms with Crippen molar-refractivity contribution < 1.29 is 9.53 Å². The van der Waals surface area contributed by atoms with Gasteiger partial charge < -0.3 is 9.64 Å². The van der Waals surface area contributed by atoms with Gasteiger partial charge in [0, 0.05) is 56.6 Å². The third kappa shape index (κ3) is 3.33. The number of likely N-dealkylation sites (tertiary alicyclic amines) is 1. The normalized spacial score (nSPS) is 23.3. The molecular weight excluding hydrogens is 328 g/mol. The van der Waals surface area contributed by atoms with Gasteiger partial charge in [0.05, 0.1) is 13.7 Å². The average Bonchev–Trinajstić information content (AvgIpc) is 3.24. The van der Waals surface area contributed by atoms with Crippen molar-refractivity contribution in [1.29, 1.82) is 0 Å². The highest BCUT2D eigenvalue weighted by Crippen LogP contribution is 2.32. The molecule has 0 spiro atoms. The molecule has 2 aromatic rings. The molecule has 2 saturated heterocycles. The lowest BCUT2D eigenvalue weighted by Gasteiger charge is -2.28. The van der Waals surface area contributed by atoms with Crippen molar-refractivity contribution in [2.75, 3.05) is 20.7 Å². The lowest BCUT2D eigenvalue weighted by molar-refractivity contribution is -0.130. The van der Waals surface area contributed by atoms with Crippen molar-refractivity contribution in [3.8, 4) is 5.75 Å². The van der Waals surface area contributed by atoms with Crippen molar-refractivity contribution in [3.05, 3.63) is 47.8 Å². The molecule has 26 heavy (non-hydrogen) atoms. The van der Waals surface area contributed by atoms with Crippen molar-refractivity contribution in [1.82, 2.24) is 19.6 Å². The molecule has 2 aliphatic rings. The molecule has 138 valence electrons. The number of methoxy groups -OCH3 is 1. The molecule has 0 saturated carbocycles. The van der Waals surface area contributed by atoms with E-state index in [0.717, 1.165) is 30.8 Å². The number of nitrogens with zero attached hydrogens (tertiary/aromatic N) is 4. The predicted molar refractivity (Wildman–Crippen MR) is 98.9 cm³/mol. The Morgan fingerprint density at radius 2 is 2.08 bits per heavy atom. The minimum Gasteiger partial charge on any atom is -0.496 e. The summed E-state index contributed by atoms with van der Waals surface area (Å²) in [7, 11) is 3.63. The maximum absolute atomic E-state index is 12.2. The van der Waals surface area contributed by atoms with Crippen LogP contribution in [0, 0.1) is 0 Å². The van der Waals surface area contributed by atoms with E-state index < -0.39 is 0 Å². The Balaban J connectivity index is 1.55. The van der Waals surface area contributed by atoms with Crippen LogP contribution in [-0.4, -0.2) is 58.3 Å². The molecule has 1 aromatic carbocycles. The monoisotopic (exact) mass is 354 g/mol. The predicted octanol–water partition coefficient (Wildman–Crippen LogP) is 2.14. The van der Waals surface area contributed by atoms with Crippen LogP contribution in [0.25, 0.3) is 0 Å². The van der Waals surface area contributed by atoms with Gasteiger partial charge in [-0.3, -0.25) is 14.4 Å². The Bertz CT molecular complexity index is 774. The first kappa shape index (κ1) is 17.1. The number of carbonyl (C=O) groups excluding carboxylic acids is 1. The van der Waals surface area contributed by atoms with E-state index in [9.17, 15) is 4.79 Å². The van der Waals surface area contributed by atoms with Gasteiger partial charge in [-0.15, -0.1) is 0 Å². The second-order valence-corrected chi connectivity index (χ2v) is 7.39. The minimum absolute atomic E-state index is 0.274. The molecule has 0 radical (unpaired) electrons. The smallest absolute Gasteiger partial charge is 0.223 e. The van der Waals surface area contributed by atoms with E-state index in [1.54, 1.807) is 13.3 Å². The molecule has 2 aliphatic heterocycles. The summed E-state index contributed by atoms with van der Waals surface area (Å²) in [6.07, 6.45) is 6.70. The summed E-state index contributed by atoms with van der Waals surface area (Å²) in [6, 6.07) is 9.17. The third-order valence-corrected chi connectivity index (χ3v) is 5.69. The van der Waals surface area contributed by atoms with Crippen LogP contribution in [0.2, 0.25) is 0 Å². The van der Waals surface area contributed by atoms with Gasteiger partial charge in [-0.05, 0) is 36.6 Å². The second kappa shape index (κ2) is 7.11. The summed E-state index contributed by atoms with van der Waals surface area (Å²) in [5.74, 6) is 1.16. The van der Waals surface area contributed by atoms with Gasteiger partial charge in [0.15, 0.2) is 0 Å². The molecule has 0 unspecified atom stereocenters. The summed E-state index contributed by atoms with van der Waals surface area (Å²) in [4.78, 5) is 16.6. The third-order valence-electron chi connectivity index (χ3n) is 5.69. The summed E-state index contributed by atoms with van der Waals surface area (Å²) in [5.41, 5.74) is 2.39. The first-order chi connectivity index (χ1) is 12.6. The Kier molecular flexibility index (Phi) is 4.68. The molecule has 0 aliphatic carbocycles.